The molecule has 3 heterocycles. The van der Waals surface area contributed by atoms with Crippen molar-refractivity contribution in [3.63, 3.8) is 0 Å². The monoisotopic (exact) mass is 405 g/mol. The van der Waals surface area contributed by atoms with Gasteiger partial charge in [-0.05, 0) is 57.9 Å². The zero-order valence-corrected chi connectivity index (χ0v) is 17.9. The van der Waals surface area contributed by atoms with Crippen LogP contribution in [0.15, 0.2) is 30.3 Å². The molecule has 4 rings (SSSR count). The highest BCUT2D eigenvalue weighted by molar-refractivity contribution is 6.05. The molecule has 1 aliphatic rings. The van der Waals surface area contributed by atoms with Gasteiger partial charge in [-0.2, -0.15) is 10.1 Å². The van der Waals surface area contributed by atoms with Crippen LogP contribution in [0.5, 0.6) is 0 Å². The number of amides is 1. The van der Waals surface area contributed by atoms with Gasteiger partial charge in [-0.1, -0.05) is 0 Å². The molecule has 8 nitrogen and oxygen atoms in total. The molecule has 1 amide bonds. The number of carbonyl (C=O) groups excluding carboxylic acids is 1. The molecule has 2 aromatic heterocycles. The molecule has 1 aromatic carbocycles. The van der Waals surface area contributed by atoms with E-state index in [-0.39, 0.29) is 5.91 Å². The summed E-state index contributed by atoms with van der Waals surface area (Å²) in [6.45, 7) is 7.73. The normalized spacial score (nSPS) is 13.5. The van der Waals surface area contributed by atoms with Crippen molar-refractivity contribution in [2.45, 2.75) is 33.6 Å². The Kier molecular flexibility index (Phi) is 5.39. The van der Waals surface area contributed by atoms with Crippen molar-refractivity contribution in [3.8, 4) is 0 Å². The Morgan fingerprint density at radius 3 is 2.30 bits per heavy atom. The minimum Gasteiger partial charge on any atom is -0.341 e. The molecular formula is C22H27N7O. The van der Waals surface area contributed by atoms with Crippen LogP contribution in [-0.4, -0.2) is 38.7 Å². The Morgan fingerprint density at radius 1 is 1.00 bits per heavy atom. The van der Waals surface area contributed by atoms with E-state index in [1.54, 1.807) is 4.68 Å². The largest absolute Gasteiger partial charge is 0.341 e. The highest BCUT2D eigenvalue weighted by Gasteiger charge is 2.18. The molecule has 0 saturated carbocycles. The van der Waals surface area contributed by atoms with E-state index >= 15 is 0 Å². The molecule has 0 bridgehead atoms. The number of nitrogens with zero attached hydrogens (tertiary/aromatic N) is 5. The van der Waals surface area contributed by atoms with E-state index in [1.807, 2.05) is 58.2 Å². The molecule has 0 atom stereocenters. The van der Waals surface area contributed by atoms with Gasteiger partial charge in [0.05, 0.1) is 11.3 Å². The van der Waals surface area contributed by atoms with Gasteiger partial charge in [0.15, 0.2) is 0 Å². The van der Waals surface area contributed by atoms with E-state index in [4.69, 9.17) is 0 Å². The first kappa shape index (κ1) is 19.9. The number of rotatable bonds is 5. The molecule has 1 fully saturated rings. The molecule has 0 aliphatic carbocycles. The van der Waals surface area contributed by atoms with E-state index in [0.29, 0.717) is 5.56 Å². The molecule has 0 spiro atoms. The first-order chi connectivity index (χ1) is 14.4. The fourth-order valence-electron chi connectivity index (χ4n) is 3.76. The van der Waals surface area contributed by atoms with E-state index in [1.165, 1.54) is 12.8 Å². The molecule has 156 valence electrons. The summed E-state index contributed by atoms with van der Waals surface area (Å²) in [6, 6.07) is 9.52. The third kappa shape index (κ3) is 4.12. The predicted octanol–water partition coefficient (Wildman–Crippen LogP) is 3.73. The number of hydrogen-bond donors (Lipinski definition) is 2. The second-order valence-electron chi connectivity index (χ2n) is 7.71. The first-order valence-corrected chi connectivity index (χ1v) is 10.2. The lowest BCUT2D eigenvalue weighted by Crippen LogP contribution is -2.21. The van der Waals surface area contributed by atoms with Gasteiger partial charge in [-0.15, -0.1) is 0 Å². The minimum atomic E-state index is -0.152. The summed E-state index contributed by atoms with van der Waals surface area (Å²) in [4.78, 5) is 24.1. The van der Waals surface area contributed by atoms with Crippen LogP contribution in [0.25, 0.3) is 0 Å². The van der Waals surface area contributed by atoms with E-state index in [0.717, 1.165) is 53.3 Å². The zero-order valence-electron chi connectivity index (χ0n) is 17.9. The fourth-order valence-corrected chi connectivity index (χ4v) is 3.76. The number of aromatic nitrogens is 4. The van der Waals surface area contributed by atoms with E-state index in [2.05, 4.69) is 30.6 Å². The van der Waals surface area contributed by atoms with Crippen LogP contribution in [0.3, 0.4) is 0 Å². The Morgan fingerprint density at radius 2 is 1.67 bits per heavy atom. The third-order valence-corrected chi connectivity index (χ3v) is 5.38. The molecule has 8 heteroatoms. The van der Waals surface area contributed by atoms with Crippen molar-refractivity contribution in [2.24, 2.45) is 7.05 Å². The van der Waals surface area contributed by atoms with Crippen molar-refractivity contribution >= 4 is 29.0 Å². The summed E-state index contributed by atoms with van der Waals surface area (Å²) >= 11 is 0. The Labute approximate surface area is 176 Å². The molecule has 30 heavy (non-hydrogen) atoms. The zero-order chi connectivity index (χ0) is 21.3. The third-order valence-electron chi connectivity index (χ3n) is 5.38. The van der Waals surface area contributed by atoms with Crippen molar-refractivity contribution in [1.82, 2.24) is 19.7 Å². The lowest BCUT2D eigenvalue weighted by Gasteiger charge is -2.17. The van der Waals surface area contributed by atoms with Crippen molar-refractivity contribution in [2.75, 3.05) is 28.6 Å². The number of nitrogens with one attached hydrogen (secondary N) is 2. The summed E-state index contributed by atoms with van der Waals surface area (Å²) in [5.41, 5.74) is 4.73. The molecule has 2 N–H and O–H groups in total. The van der Waals surface area contributed by atoms with Crippen LogP contribution in [0.4, 0.5) is 23.1 Å². The lowest BCUT2D eigenvalue weighted by atomic mass is 10.1. The van der Waals surface area contributed by atoms with Crippen LogP contribution < -0.4 is 15.5 Å². The number of carbonyl (C=O) groups is 1. The maximum Gasteiger partial charge on any atom is 0.259 e. The van der Waals surface area contributed by atoms with Crippen molar-refractivity contribution < 1.29 is 4.79 Å². The quantitative estimate of drug-likeness (QED) is 0.672. The summed E-state index contributed by atoms with van der Waals surface area (Å²) in [5, 5.41) is 10.6. The smallest absolute Gasteiger partial charge is 0.259 e. The van der Waals surface area contributed by atoms with Gasteiger partial charge in [-0.3, -0.25) is 9.48 Å². The molecule has 1 aliphatic heterocycles. The highest BCUT2D eigenvalue weighted by Crippen LogP contribution is 2.23. The summed E-state index contributed by atoms with van der Waals surface area (Å²) in [7, 11) is 1.84. The second-order valence-corrected chi connectivity index (χ2v) is 7.71. The van der Waals surface area contributed by atoms with Crippen molar-refractivity contribution in [1.29, 1.82) is 0 Å². The van der Waals surface area contributed by atoms with Gasteiger partial charge >= 0.3 is 0 Å². The minimum absolute atomic E-state index is 0.152. The molecule has 0 unspecified atom stereocenters. The standard InChI is InChI=1S/C22H27N7O/c1-14-13-19(26-22(23-14)29-11-5-6-12-29)24-17-7-9-18(10-8-17)25-21(30)20-15(2)27-28(4)16(20)3/h7-10,13H,5-6,11-12H2,1-4H3,(H,25,30)(H,23,24,26). The maximum atomic E-state index is 12.6. The average Bonchev–Trinajstić information content (AvgIpc) is 3.31. The van der Waals surface area contributed by atoms with Gasteiger partial charge < -0.3 is 15.5 Å². The number of anilines is 4. The Balaban J connectivity index is 1.46. The van der Waals surface area contributed by atoms with Gasteiger partial charge in [-0.25, -0.2) is 4.98 Å². The average molecular weight is 406 g/mol. The second kappa shape index (κ2) is 8.14. The van der Waals surface area contributed by atoms with Gasteiger partial charge in [0.1, 0.15) is 5.82 Å². The molecule has 3 aromatic rings. The van der Waals surface area contributed by atoms with Crippen LogP contribution in [0, 0.1) is 20.8 Å². The van der Waals surface area contributed by atoms with Crippen LogP contribution in [0.2, 0.25) is 0 Å². The molecular weight excluding hydrogens is 378 g/mol. The Bertz CT molecular complexity index is 1070. The topological polar surface area (TPSA) is 88.0 Å². The van der Waals surface area contributed by atoms with E-state index in [9.17, 15) is 4.79 Å². The van der Waals surface area contributed by atoms with Gasteiger partial charge in [0.2, 0.25) is 5.95 Å². The van der Waals surface area contributed by atoms with Gasteiger partial charge in [0, 0.05) is 49.0 Å². The predicted molar refractivity (Wildman–Crippen MR) is 119 cm³/mol. The summed E-state index contributed by atoms with van der Waals surface area (Å²) in [6.07, 6.45) is 2.37. The maximum absolute atomic E-state index is 12.6. The highest BCUT2D eigenvalue weighted by atomic mass is 16.1. The van der Waals surface area contributed by atoms with Crippen LogP contribution >= 0.6 is 0 Å². The first-order valence-electron chi connectivity index (χ1n) is 10.2. The summed E-state index contributed by atoms with van der Waals surface area (Å²) < 4.78 is 1.72. The van der Waals surface area contributed by atoms with Crippen LogP contribution in [0.1, 0.15) is 40.3 Å². The SMILES string of the molecule is Cc1cc(Nc2ccc(NC(=O)c3c(C)nn(C)c3C)cc2)nc(N2CCCC2)n1. The molecule has 1 saturated heterocycles. The fraction of sp³-hybridized carbons (Fsp3) is 0.364. The molecule has 0 radical (unpaired) electrons. The Hall–Kier alpha value is -3.42. The number of aryl methyl sites for hydroxylation is 3. The van der Waals surface area contributed by atoms with E-state index < -0.39 is 0 Å². The summed E-state index contributed by atoms with van der Waals surface area (Å²) in [5.74, 6) is 1.39. The van der Waals surface area contributed by atoms with Gasteiger partial charge in [0.25, 0.3) is 5.91 Å². The number of benzene rings is 1. The lowest BCUT2D eigenvalue weighted by molar-refractivity contribution is 0.102. The van der Waals surface area contributed by atoms with Crippen molar-refractivity contribution in [3.05, 3.63) is 53.0 Å². The van der Waals surface area contributed by atoms with Crippen LogP contribution in [-0.2, 0) is 7.05 Å². The number of hydrogen-bond acceptors (Lipinski definition) is 6.